The Hall–Kier alpha value is -2.31. The molecule has 24 heavy (non-hydrogen) atoms. The van der Waals surface area contributed by atoms with Crippen LogP contribution in [0.5, 0.6) is 11.5 Å². The molecule has 1 amide bonds. The van der Waals surface area contributed by atoms with E-state index in [0.717, 1.165) is 15.8 Å². The fourth-order valence-corrected chi connectivity index (χ4v) is 3.30. The van der Waals surface area contributed by atoms with Crippen LogP contribution in [0, 0.1) is 6.92 Å². The maximum atomic E-state index is 12.1. The quantitative estimate of drug-likeness (QED) is 0.735. The van der Waals surface area contributed by atoms with E-state index in [1.807, 2.05) is 31.2 Å². The first-order chi connectivity index (χ1) is 11.5. The highest BCUT2D eigenvalue weighted by Gasteiger charge is 2.11. The molecule has 0 atom stereocenters. The van der Waals surface area contributed by atoms with Gasteiger partial charge in [-0.1, -0.05) is 29.0 Å². The minimum absolute atomic E-state index is 0.129. The Bertz CT molecular complexity index is 895. The van der Waals surface area contributed by atoms with E-state index < -0.39 is 0 Å². The summed E-state index contributed by atoms with van der Waals surface area (Å²) >= 11 is 7.31. The van der Waals surface area contributed by atoms with E-state index in [2.05, 4.69) is 10.3 Å². The Morgan fingerprint density at radius 1 is 1.25 bits per heavy atom. The summed E-state index contributed by atoms with van der Waals surface area (Å²) in [5, 5.41) is 3.88. The molecule has 0 spiro atoms. The van der Waals surface area contributed by atoms with Gasteiger partial charge in [0.25, 0.3) is 5.91 Å². The second-order valence-corrected chi connectivity index (χ2v) is 6.59. The van der Waals surface area contributed by atoms with E-state index in [4.69, 9.17) is 21.1 Å². The van der Waals surface area contributed by atoms with Crippen molar-refractivity contribution >= 4 is 44.2 Å². The number of nitrogens with zero attached hydrogens (tertiary/aromatic N) is 1. The van der Waals surface area contributed by atoms with Crippen molar-refractivity contribution in [3.05, 3.63) is 47.0 Å². The van der Waals surface area contributed by atoms with E-state index in [1.165, 1.54) is 11.3 Å². The molecule has 0 fully saturated rings. The largest absolute Gasteiger partial charge is 0.493 e. The molecular formula is C17H15ClN2O3S. The number of fused-ring (bicyclic) bond motifs is 1. The van der Waals surface area contributed by atoms with Gasteiger partial charge in [0.15, 0.2) is 23.2 Å². The van der Waals surface area contributed by atoms with Crippen LogP contribution in [-0.2, 0) is 4.79 Å². The van der Waals surface area contributed by atoms with Crippen LogP contribution in [0.2, 0.25) is 5.02 Å². The first-order valence-electron chi connectivity index (χ1n) is 7.18. The van der Waals surface area contributed by atoms with Gasteiger partial charge in [-0.2, -0.15) is 0 Å². The van der Waals surface area contributed by atoms with Gasteiger partial charge in [-0.3, -0.25) is 10.1 Å². The topological polar surface area (TPSA) is 60.5 Å². The van der Waals surface area contributed by atoms with Gasteiger partial charge in [0, 0.05) is 5.02 Å². The predicted octanol–water partition coefficient (Wildman–Crippen LogP) is 4.28. The predicted molar refractivity (Wildman–Crippen MR) is 96.5 cm³/mol. The highest BCUT2D eigenvalue weighted by molar-refractivity contribution is 7.22. The molecule has 1 N–H and O–H groups in total. The van der Waals surface area contributed by atoms with Crippen molar-refractivity contribution in [2.24, 2.45) is 0 Å². The molecule has 3 aromatic rings. The van der Waals surface area contributed by atoms with Crippen LogP contribution in [-0.4, -0.2) is 24.6 Å². The molecule has 7 heteroatoms. The number of anilines is 1. The van der Waals surface area contributed by atoms with Crippen LogP contribution in [0.3, 0.4) is 0 Å². The monoisotopic (exact) mass is 362 g/mol. The maximum Gasteiger partial charge on any atom is 0.264 e. The highest BCUT2D eigenvalue weighted by atomic mass is 35.5. The zero-order valence-corrected chi connectivity index (χ0v) is 14.7. The highest BCUT2D eigenvalue weighted by Crippen LogP contribution is 2.29. The van der Waals surface area contributed by atoms with Gasteiger partial charge < -0.3 is 9.47 Å². The Kier molecular flexibility index (Phi) is 4.87. The summed E-state index contributed by atoms with van der Waals surface area (Å²) in [4.78, 5) is 16.4. The number of hydrogen-bond acceptors (Lipinski definition) is 5. The fourth-order valence-electron chi connectivity index (χ4n) is 2.14. The molecule has 0 unspecified atom stereocenters. The number of nitrogens with one attached hydrogen (secondary N) is 1. The van der Waals surface area contributed by atoms with E-state index >= 15 is 0 Å². The lowest BCUT2D eigenvalue weighted by Gasteiger charge is -2.10. The molecule has 3 rings (SSSR count). The number of carbonyl (C=O) groups is 1. The van der Waals surface area contributed by atoms with Gasteiger partial charge in [-0.15, -0.1) is 0 Å². The Morgan fingerprint density at radius 3 is 2.88 bits per heavy atom. The lowest BCUT2D eigenvalue weighted by atomic mass is 10.2. The van der Waals surface area contributed by atoms with Crippen LogP contribution >= 0.6 is 22.9 Å². The number of methoxy groups -OCH3 is 1. The second kappa shape index (κ2) is 7.07. The summed E-state index contributed by atoms with van der Waals surface area (Å²) in [7, 11) is 1.56. The summed E-state index contributed by atoms with van der Waals surface area (Å²) in [5.41, 5.74) is 1.85. The number of amides is 1. The molecule has 1 heterocycles. The zero-order valence-electron chi connectivity index (χ0n) is 13.1. The minimum atomic E-state index is -0.289. The molecule has 1 aromatic heterocycles. The summed E-state index contributed by atoms with van der Waals surface area (Å²) in [5.74, 6) is 0.828. The van der Waals surface area contributed by atoms with Crippen molar-refractivity contribution in [3.8, 4) is 11.5 Å². The van der Waals surface area contributed by atoms with Crippen molar-refractivity contribution in [1.29, 1.82) is 0 Å². The average molecular weight is 363 g/mol. The number of aryl methyl sites for hydroxylation is 1. The molecular weight excluding hydrogens is 348 g/mol. The van der Waals surface area contributed by atoms with Crippen LogP contribution in [0.15, 0.2) is 36.4 Å². The molecule has 0 aliphatic carbocycles. The molecule has 2 aromatic carbocycles. The number of hydrogen-bond donors (Lipinski definition) is 1. The van der Waals surface area contributed by atoms with E-state index in [1.54, 1.807) is 19.2 Å². The van der Waals surface area contributed by atoms with Crippen molar-refractivity contribution < 1.29 is 14.3 Å². The summed E-state index contributed by atoms with van der Waals surface area (Å²) in [6.45, 7) is 1.83. The standard InChI is InChI=1S/C17H15ClN2O3S/c1-10-3-6-13(14(7-10)22-2)23-9-16(21)20-17-19-12-5-4-11(18)8-15(12)24-17/h3-8H,9H2,1-2H3,(H,19,20,21). The number of carbonyl (C=O) groups excluding carboxylic acids is 1. The fraction of sp³-hybridized carbons (Fsp3) is 0.176. The van der Waals surface area contributed by atoms with Crippen molar-refractivity contribution in [2.45, 2.75) is 6.92 Å². The van der Waals surface area contributed by atoms with Crippen LogP contribution in [0.4, 0.5) is 5.13 Å². The van der Waals surface area contributed by atoms with Crippen molar-refractivity contribution in [3.63, 3.8) is 0 Å². The number of ether oxygens (including phenoxy) is 2. The third kappa shape index (κ3) is 3.77. The minimum Gasteiger partial charge on any atom is -0.493 e. The van der Waals surface area contributed by atoms with Crippen LogP contribution in [0.25, 0.3) is 10.2 Å². The van der Waals surface area contributed by atoms with Crippen LogP contribution in [0.1, 0.15) is 5.56 Å². The molecule has 0 bridgehead atoms. The Balaban J connectivity index is 1.64. The van der Waals surface area contributed by atoms with Gasteiger partial charge in [0.1, 0.15) is 0 Å². The first-order valence-corrected chi connectivity index (χ1v) is 8.38. The number of halogens is 1. The van der Waals surface area contributed by atoms with Gasteiger partial charge in [0.2, 0.25) is 0 Å². The summed E-state index contributed by atoms with van der Waals surface area (Å²) < 4.78 is 11.7. The Morgan fingerprint density at radius 2 is 2.08 bits per heavy atom. The van der Waals surface area contributed by atoms with Gasteiger partial charge >= 0.3 is 0 Å². The first kappa shape index (κ1) is 16.5. The number of benzene rings is 2. The van der Waals surface area contributed by atoms with Gasteiger partial charge in [-0.05, 0) is 42.8 Å². The molecule has 0 saturated carbocycles. The normalized spacial score (nSPS) is 10.6. The molecule has 5 nitrogen and oxygen atoms in total. The van der Waals surface area contributed by atoms with Crippen LogP contribution < -0.4 is 14.8 Å². The molecule has 0 radical (unpaired) electrons. The lowest BCUT2D eigenvalue weighted by Crippen LogP contribution is -2.20. The second-order valence-electron chi connectivity index (χ2n) is 5.12. The molecule has 0 saturated heterocycles. The van der Waals surface area contributed by atoms with E-state index in [0.29, 0.717) is 21.7 Å². The number of thiazole rings is 1. The van der Waals surface area contributed by atoms with Gasteiger partial charge in [0.05, 0.1) is 17.3 Å². The number of aromatic nitrogens is 1. The summed E-state index contributed by atoms with van der Waals surface area (Å²) in [6, 6.07) is 10.9. The SMILES string of the molecule is COc1cc(C)ccc1OCC(=O)Nc1nc2ccc(Cl)cc2s1. The smallest absolute Gasteiger partial charge is 0.264 e. The van der Waals surface area contributed by atoms with Crippen molar-refractivity contribution in [2.75, 3.05) is 19.0 Å². The maximum absolute atomic E-state index is 12.1. The Labute approximate surface area is 148 Å². The summed E-state index contributed by atoms with van der Waals surface area (Å²) in [6.07, 6.45) is 0. The van der Waals surface area contributed by atoms with Gasteiger partial charge in [-0.25, -0.2) is 4.98 Å². The molecule has 0 aliphatic rings. The molecule has 0 aliphatic heterocycles. The van der Waals surface area contributed by atoms with E-state index in [-0.39, 0.29) is 12.5 Å². The molecule has 124 valence electrons. The lowest BCUT2D eigenvalue weighted by molar-refractivity contribution is -0.118. The third-order valence-corrected chi connectivity index (χ3v) is 4.44. The third-order valence-electron chi connectivity index (χ3n) is 3.27. The van der Waals surface area contributed by atoms with E-state index in [9.17, 15) is 4.79 Å². The average Bonchev–Trinajstić information content (AvgIpc) is 2.94. The zero-order chi connectivity index (χ0) is 17.1. The number of rotatable bonds is 5. The van der Waals surface area contributed by atoms with Crippen molar-refractivity contribution in [1.82, 2.24) is 4.98 Å².